The zero-order chi connectivity index (χ0) is 15.5. The molecule has 110 valence electrons. The van der Waals surface area contributed by atoms with Crippen molar-refractivity contribution in [2.75, 3.05) is 11.4 Å². The molecule has 2 rings (SSSR count). The lowest BCUT2D eigenvalue weighted by Crippen LogP contribution is -2.32. The average molecular weight is 284 g/mol. The first-order chi connectivity index (χ1) is 9.93. The minimum atomic E-state index is -0.0865. The zero-order valence-electron chi connectivity index (χ0n) is 12.9. The number of nitrogens with zero attached hydrogens (tertiary/aromatic N) is 4. The molecule has 2 heterocycles. The highest BCUT2D eigenvalue weighted by Crippen LogP contribution is 2.23. The molecule has 2 aromatic rings. The molecule has 0 aliphatic rings. The van der Waals surface area contributed by atoms with Crippen molar-refractivity contribution in [3.05, 3.63) is 48.2 Å². The lowest BCUT2D eigenvalue weighted by atomic mass is 9.92. The SMILES string of the molecule is CCN(C(=O)c1ccncc1)c1cc(C(C)(C)C)ncn1. The van der Waals surface area contributed by atoms with Gasteiger partial charge in [0, 0.05) is 36.0 Å². The van der Waals surface area contributed by atoms with E-state index in [1.165, 1.54) is 6.33 Å². The third-order valence-corrected chi connectivity index (χ3v) is 3.19. The number of carbonyl (C=O) groups excluding carboxylic acids is 1. The minimum absolute atomic E-state index is 0.0848. The third-order valence-electron chi connectivity index (χ3n) is 3.19. The highest BCUT2D eigenvalue weighted by atomic mass is 16.2. The van der Waals surface area contributed by atoms with Gasteiger partial charge < -0.3 is 0 Å². The number of hydrogen-bond acceptors (Lipinski definition) is 4. The highest BCUT2D eigenvalue weighted by molar-refractivity contribution is 6.05. The van der Waals surface area contributed by atoms with Crippen molar-refractivity contribution >= 4 is 11.7 Å². The maximum Gasteiger partial charge on any atom is 0.259 e. The summed E-state index contributed by atoms with van der Waals surface area (Å²) in [5, 5.41) is 0. The molecular formula is C16H20N4O. The summed E-state index contributed by atoms with van der Waals surface area (Å²) in [4.78, 5) is 26.7. The number of anilines is 1. The summed E-state index contributed by atoms with van der Waals surface area (Å²) in [7, 11) is 0. The Morgan fingerprint density at radius 1 is 1.19 bits per heavy atom. The molecule has 1 amide bonds. The lowest BCUT2D eigenvalue weighted by molar-refractivity contribution is 0.0987. The molecule has 21 heavy (non-hydrogen) atoms. The third kappa shape index (κ3) is 3.42. The predicted octanol–water partition coefficient (Wildman–Crippen LogP) is 2.84. The van der Waals surface area contributed by atoms with Crippen LogP contribution in [0.1, 0.15) is 43.7 Å². The maximum atomic E-state index is 12.6. The molecule has 0 atom stereocenters. The molecule has 0 N–H and O–H groups in total. The summed E-state index contributed by atoms with van der Waals surface area (Å²) in [5.41, 5.74) is 1.42. The van der Waals surface area contributed by atoms with Crippen LogP contribution in [0.2, 0.25) is 0 Å². The quantitative estimate of drug-likeness (QED) is 0.869. The molecule has 0 spiro atoms. The predicted molar refractivity (Wildman–Crippen MR) is 82.3 cm³/mol. The Labute approximate surface area is 125 Å². The molecule has 0 fully saturated rings. The van der Waals surface area contributed by atoms with Crippen LogP contribution in [0.5, 0.6) is 0 Å². The molecule has 0 saturated heterocycles. The van der Waals surface area contributed by atoms with Gasteiger partial charge in [-0.25, -0.2) is 9.97 Å². The van der Waals surface area contributed by atoms with Crippen molar-refractivity contribution in [1.82, 2.24) is 15.0 Å². The molecule has 0 aliphatic carbocycles. The lowest BCUT2D eigenvalue weighted by Gasteiger charge is -2.23. The standard InChI is InChI=1S/C16H20N4O/c1-5-20(15(21)12-6-8-17-9-7-12)14-10-13(16(2,3)4)18-11-19-14/h6-11H,5H2,1-4H3. The number of hydrogen-bond donors (Lipinski definition) is 0. The first kappa shape index (κ1) is 15.1. The van der Waals surface area contributed by atoms with Gasteiger partial charge >= 0.3 is 0 Å². The average Bonchev–Trinajstić information content (AvgIpc) is 2.48. The Kier molecular flexibility index (Phi) is 4.31. The summed E-state index contributed by atoms with van der Waals surface area (Å²) >= 11 is 0. The number of amides is 1. The number of rotatable bonds is 3. The fourth-order valence-electron chi connectivity index (χ4n) is 1.96. The maximum absolute atomic E-state index is 12.6. The van der Waals surface area contributed by atoms with Crippen LogP contribution < -0.4 is 4.90 Å². The topological polar surface area (TPSA) is 59.0 Å². The van der Waals surface area contributed by atoms with Crippen molar-refractivity contribution in [2.24, 2.45) is 0 Å². The summed E-state index contributed by atoms with van der Waals surface area (Å²) in [6.07, 6.45) is 4.74. The van der Waals surface area contributed by atoms with Crippen LogP contribution in [0, 0.1) is 0 Å². The van der Waals surface area contributed by atoms with Gasteiger partial charge in [0.2, 0.25) is 0 Å². The van der Waals surface area contributed by atoms with Crippen LogP contribution >= 0.6 is 0 Å². The first-order valence-corrected chi connectivity index (χ1v) is 6.98. The second-order valence-electron chi connectivity index (χ2n) is 5.80. The molecule has 0 radical (unpaired) electrons. The number of pyridine rings is 1. The fourth-order valence-corrected chi connectivity index (χ4v) is 1.96. The van der Waals surface area contributed by atoms with E-state index in [9.17, 15) is 4.79 Å². The van der Waals surface area contributed by atoms with Crippen molar-refractivity contribution in [3.8, 4) is 0 Å². The van der Waals surface area contributed by atoms with E-state index < -0.39 is 0 Å². The van der Waals surface area contributed by atoms with Gasteiger partial charge in [-0.05, 0) is 19.1 Å². The molecule has 0 bridgehead atoms. The van der Waals surface area contributed by atoms with E-state index >= 15 is 0 Å². The Hall–Kier alpha value is -2.30. The molecule has 0 saturated carbocycles. The van der Waals surface area contributed by atoms with E-state index in [1.54, 1.807) is 29.4 Å². The first-order valence-electron chi connectivity index (χ1n) is 6.98. The van der Waals surface area contributed by atoms with Crippen molar-refractivity contribution in [2.45, 2.75) is 33.1 Å². The van der Waals surface area contributed by atoms with Gasteiger partial charge in [0.1, 0.15) is 12.1 Å². The van der Waals surface area contributed by atoms with Crippen molar-refractivity contribution in [1.29, 1.82) is 0 Å². The van der Waals surface area contributed by atoms with Gasteiger partial charge in [-0.2, -0.15) is 0 Å². The van der Waals surface area contributed by atoms with Crippen LogP contribution in [0.15, 0.2) is 36.9 Å². The summed E-state index contributed by atoms with van der Waals surface area (Å²) in [5.74, 6) is 0.540. The molecular weight excluding hydrogens is 264 g/mol. The van der Waals surface area contributed by atoms with Crippen LogP contribution in [0.4, 0.5) is 5.82 Å². The van der Waals surface area contributed by atoms with Gasteiger partial charge in [0.15, 0.2) is 0 Å². The molecule has 0 aromatic carbocycles. The normalized spacial score (nSPS) is 11.2. The second-order valence-corrected chi connectivity index (χ2v) is 5.80. The van der Waals surface area contributed by atoms with Gasteiger partial charge in [0.05, 0.1) is 5.69 Å². The molecule has 0 unspecified atom stereocenters. The smallest absolute Gasteiger partial charge is 0.259 e. The van der Waals surface area contributed by atoms with Crippen LogP contribution in [-0.2, 0) is 5.41 Å². The molecule has 5 nitrogen and oxygen atoms in total. The van der Waals surface area contributed by atoms with Gasteiger partial charge in [0.25, 0.3) is 5.91 Å². The molecule has 2 aromatic heterocycles. The van der Waals surface area contributed by atoms with E-state index in [-0.39, 0.29) is 11.3 Å². The Bertz CT molecular complexity index is 620. The number of aromatic nitrogens is 3. The van der Waals surface area contributed by atoms with E-state index in [2.05, 4.69) is 35.7 Å². The summed E-state index contributed by atoms with van der Waals surface area (Å²) in [6, 6.07) is 5.29. The highest BCUT2D eigenvalue weighted by Gasteiger charge is 2.21. The van der Waals surface area contributed by atoms with Crippen LogP contribution in [0.3, 0.4) is 0 Å². The van der Waals surface area contributed by atoms with E-state index in [0.29, 0.717) is 17.9 Å². The number of carbonyl (C=O) groups is 1. The Balaban J connectivity index is 2.36. The monoisotopic (exact) mass is 284 g/mol. The summed E-state index contributed by atoms with van der Waals surface area (Å²) in [6.45, 7) is 8.72. The zero-order valence-corrected chi connectivity index (χ0v) is 12.9. The van der Waals surface area contributed by atoms with Crippen molar-refractivity contribution < 1.29 is 4.79 Å². The van der Waals surface area contributed by atoms with Gasteiger partial charge in [-0.1, -0.05) is 20.8 Å². The Morgan fingerprint density at radius 2 is 1.86 bits per heavy atom. The van der Waals surface area contributed by atoms with Crippen LogP contribution in [0.25, 0.3) is 0 Å². The minimum Gasteiger partial charge on any atom is -0.293 e. The Morgan fingerprint density at radius 3 is 2.43 bits per heavy atom. The summed E-state index contributed by atoms with van der Waals surface area (Å²) < 4.78 is 0. The van der Waals surface area contributed by atoms with E-state index in [1.807, 2.05) is 13.0 Å². The fraction of sp³-hybridized carbons (Fsp3) is 0.375. The van der Waals surface area contributed by atoms with E-state index in [4.69, 9.17) is 0 Å². The molecule has 5 heteroatoms. The van der Waals surface area contributed by atoms with E-state index in [0.717, 1.165) is 5.69 Å². The second kappa shape index (κ2) is 5.99. The molecule has 0 aliphatic heterocycles. The van der Waals surface area contributed by atoms with Crippen molar-refractivity contribution in [3.63, 3.8) is 0 Å². The van der Waals surface area contributed by atoms with Gasteiger partial charge in [-0.15, -0.1) is 0 Å². The van der Waals surface area contributed by atoms with Crippen LogP contribution in [-0.4, -0.2) is 27.4 Å². The van der Waals surface area contributed by atoms with Gasteiger partial charge in [-0.3, -0.25) is 14.7 Å². The largest absolute Gasteiger partial charge is 0.293 e.